The molecular weight excluding hydrogens is 396 g/mol. The van der Waals surface area contributed by atoms with Crippen LogP contribution in [0.15, 0.2) is 48.7 Å². The maximum atomic E-state index is 12.9. The summed E-state index contributed by atoms with van der Waals surface area (Å²) >= 11 is 0. The fourth-order valence-electron chi connectivity index (χ4n) is 3.63. The summed E-state index contributed by atoms with van der Waals surface area (Å²) in [4.78, 5) is 34.7. The Morgan fingerprint density at radius 1 is 1.23 bits per heavy atom. The van der Waals surface area contributed by atoms with Gasteiger partial charge in [0.1, 0.15) is 17.4 Å². The highest BCUT2D eigenvalue weighted by molar-refractivity contribution is 5.88. The Labute approximate surface area is 179 Å². The van der Waals surface area contributed by atoms with E-state index in [0.717, 1.165) is 24.8 Å². The van der Waals surface area contributed by atoms with Gasteiger partial charge in [0.25, 0.3) is 5.91 Å². The van der Waals surface area contributed by atoms with Gasteiger partial charge >= 0.3 is 0 Å². The maximum absolute atomic E-state index is 12.9. The first-order chi connectivity index (χ1) is 15.1. The molecule has 1 aliphatic heterocycles. The molecule has 9 heteroatoms. The average molecular weight is 420 g/mol. The molecule has 1 unspecified atom stereocenters. The lowest BCUT2D eigenvalue weighted by atomic mass is 10.0. The number of carbonyl (C=O) groups is 2. The van der Waals surface area contributed by atoms with E-state index in [-0.39, 0.29) is 24.5 Å². The lowest BCUT2D eigenvalue weighted by molar-refractivity contribution is -0.137. The Hall–Kier alpha value is -3.75. The van der Waals surface area contributed by atoms with Gasteiger partial charge in [0, 0.05) is 25.2 Å². The smallest absolute Gasteiger partial charge is 0.261 e. The Bertz CT molecular complexity index is 1050. The van der Waals surface area contributed by atoms with E-state index in [9.17, 15) is 9.59 Å². The molecule has 0 aliphatic carbocycles. The quantitative estimate of drug-likeness (QED) is 0.634. The number of carbonyl (C=O) groups excluding carboxylic acids is 2. The van der Waals surface area contributed by atoms with E-state index in [1.54, 1.807) is 18.3 Å². The molecule has 1 atom stereocenters. The first-order valence-electron chi connectivity index (χ1n) is 10.2. The van der Waals surface area contributed by atoms with Crippen LogP contribution in [-0.4, -0.2) is 50.0 Å². The SMILES string of the molecule is CC(=O)Nc1cc(-c2n[nH]c(C3CCCCN3C(=O)COc3ccccc3)n2)ccn1. The summed E-state index contributed by atoms with van der Waals surface area (Å²) in [6.07, 6.45) is 4.35. The predicted molar refractivity (Wildman–Crippen MR) is 114 cm³/mol. The third kappa shape index (κ3) is 5.06. The molecular formula is C22H24N6O3. The molecule has 1 aromatic carbocycles. The molecule has 0 saturated carbocycles. The molecule has 9 nitrogen and oxygen atoms in total. The summed E-state index contributed by atoms with van der Waals surface area (Å²) in [6.45, 7) is 2.06. The number of amides is 2. The van der Waals surface area contributed by atoms with Crippen LogP contribution >= 0.6 is 0 Å². The minimum absolute atomic E-state index is 0.0219. The topological polar surface area (TPSA) is 113 Å². The average Bonchev–Trinajstić information content (AvgIpc) is 3.28. The highest BCUT2D eigenvalue weighted by Gasteiger charge is 2.30. The molecule has 2 aromatic heterocycles. The first-order valence-corrected chi connectivity index (χ1v) is 10.2. The van der Waals surface area contributed by atoms with Crippen LogP contribution in [-0.2, 0) is 9.59 Å². The Morgan fingerprint density at radius 2 is 2.06 bits per heavy atom. The van der Waals surface area contributed by atoms with Crippen LogP contribution in [0.1, 0.15) is 38.1 Å². The zero-order chi connectivity index (χ0) is 21.6. The Kier molecular flexibility index (Phi) is 6.21. The number of hydrogen-bond donors (Lipinski definition) is 2. The van der Waals surface area contributed by atoms with E-state index in [0.29, 0.717) is 29.8 Å². The van der Waals surface area contributed by atoms with Gasteiger partial charge in [-0.2, -0.15) is 5.10 Å². The lowest BCUT2D eigenvalue weighted by Gasteiger charge is -2.34. The molecule has 0 radical (unpaired) electrons. The van der Waals surface area contributed by atoms with Crippen molar-refractivity contribution in [3.05, 3.63) is 54.5 Å². The number of benzene rings is 1. The fourth-order valence-corrected chi connectivity index (χ4v) is 3.63. The summed E-state index contributed by atoms with van der Waals surface area (Å²) in [6, 6.07) is 12.6. The van der Waals surface area contributed by atoms with Crippen LogP contribution in [0.3, 0.4) is 0 Å². The number of nitrogens with one attached hydrogen (secondary N) is 2. The number of ether oxygens (including phenoxy) is 1. The standard InChI is InChI=1S/C22H24N6O3/c1-15(29)24-19-13-16(10-11-23-19)21-25-22(27-26-21)18-9-5-6-12-28(18)20(30)14-31-17-7-3-2-4-8-17/h2-4,7-8,10-11,13,18H,5-6,9,12,14H2,1H3,(H,23,24,29)(H,25,26,27). The number of rotatable bonds is 6. The van der Waals surface area contributed by atoms with Gasteiger partial charge < -0.3 is 15.0 Å². The van der Waals surface area contributed by atoms with Gasteiger partial charge in [-0.25, -0.2) is 9.97 Å². The third-order valence-electron chi connectivity index (χ3n) is 5.07. The van der Waals surface area contributed by atoms with Crippen LogP contribution in [0.2, 0.25) is 0 Å². The Balaban J connectivity index is 1.48. The van der Waals surface area contributed by atoms with Crippen molar-refractivity contribution in [2.45, 2.75) is 32.2 Å². The van der Waals surface area contributed by atoms with Crippen molar-refractivity contribution in [2.24, 2.45) is 0 Å². The van der Waals surface area contributed by atoms with Crippen LogP contribution in [0.4, 0.5) is 5.82 Å². The monoisotopic (exact) mass is 420 g/mol. The number of likely N-dealkylation sites (tertiary alicyclic amines) is 1. The third-order valence-corrected chi connectivity index (χ3v) is 5.07. The summed E-state index contributed by atoms with van der Waals surface area (Å²) in [7, 11) is 0. The van der Waals surface area contributed by atoms with Crippen LogP contribution in [0.25, 0.3) is 11.4 Å². The molecule has 1 aliphatic rings. The number of anilines is 1. The lowest BCUT2D eigenvalue weighted by Crippen LogP contribution is -2.41. The van der Waals surface area contributed by atoms with E-state index in [1.165, 1.54) is 6.92 Å². The fraction of sp³-hybridized carbons (Fsp3) is 0.318. The zero-order valence-electron chi connectivity index (χ0n) is 17.2. The number of pyridine rings is 1. The van der Waals surface area contributed by atoms with Gasteiger partial charge in [-0.05, 0) is 43.5 Å². The van der Waals surface area contributed by atoms with Crippen LogP contribution in [0, 0.1) is 0 Å². The van der Waals surface area contributed by atoms with Crippen LogP contribution in [0.5, 0.6) is 5.75 Å². The second-order valence-electron chi connectivity index (χ2n) is 7.36. The zero-order valence-corrected chi connectivity index (χ0v) is 17.2. The number of nitrogens with zero attached hydrogens (tertiary/aromatic N) is 4. The molecule has 31 heavy (non-hydrogen) atoms. The number of aromatic nitrogens is 4. The molecule has 0 spiro atoms. The van der Waals surface area contributed by atoms with Crippen molar-refractivity contribution in [2.75, 3.05) is 18.5 Å². The molecule has 2 N–H and O–H groups in total. The van der Waals surface area contributed by atoms with E-state index in [4.69, 9.17) is 4.74 Å². The van der Waals surface area contributed by atoms with Gasteiger partial charge in [-0.15, -0.1) is 0 Å². The van der Waals surface area contributed by atoms with Crippen molar-refractivity contribution in [3.8, 4) is 17.1 Å². The van der Waals surface area contributed by atoms with Crippen molar-refractivity contribution in [1.82, 2.24) is 25.1 Å². The van der Waals surface area contributed by atoms with Gasteiger partial charge in [0.15, 0.2) is 12.4 Å². The summed E-state index contributed by atoms with van der Waals surface area (Å²) < 4.78 is 5.65. The molecule has 1 fully saturated rings. The predicted octanol–water partition coefficient (Wildman–Crippen LogP) is 2.96. The number of hydrogen-bond acceptors (Lipinski definition) is 6. The van der Waals surface area contributed by atoms with Gasteiger partial charge in [-0.3, -0.25) is 14.7 Å². The first kappa shape index (κ1) is 20.5. The molecule has 1 saturated heterocycles. The highest BCUT2D eigenvalue weighted by Crippen LogP contribution is 2.30. The minimum atomic E-state index is -0.200. The summed E-state index contributed by atoms with van der Waals surface area (Å²) in [5.41, 5.74) is 0.724. The molecule has 3 heterocycles. The van der Waals surface area contributed by atoms with Crippen molar-refractivity contribution >= 4 is 17.6 Å². The molecule has 4 rings (SSSR count). The summed E-state index contributed by atoms with van der Waals surface area (Å²) in [5.74, 6) is 1.95. The van der Waals surface area contributed by atoms with Gasteiger partial charge in [-0.1, -0.05) is 18.2 Å². The van der Waals surface area contributed by atoms with Gasteiger partial charge in [0.2, 0.25) is 5.91 Å². The number of H-pyrrole nitrogens is 1. The van der Waals surface area contributed by atoms with E-state index >= 15 is 0 Å². The van der Waals surface area contributed by atoms with E-state index in [2.05, 4.69) is 25.5 Å². The second-order valence-corrected chi connectivity index (χ2v) is 7.36. The number of piperidine rings is 1. The van der Waals surface area contributed by atoms with Crippen LogP contribution < -0.4 is 10.1 Å². The Morgan fingerprint density at radius 3 is 2.87 bits per heavy atom. The molecule has 160 valence electrons. The van der Waals surface area contributed by atoms with Gasteiger partial charge in [0.05, 0.1) is 6.04 Å². The number of aromatic amines is 1. The van der Waals surface area contributed by atoms with Crippen molar-refractivity contribution < 1.29 is 14.3 Å². The van der Waals surface area contributed by atoms with E-state index in [1.807, 2.05) is 35.2 Å². The summed E-state index contributed by atoms with van der Waals surface area (Å²) in [5, 5.41) is 9.96. The molecule has 0 bridgehead atoms. The van der Waals surface area contributed by atoms with Crippen molar-refractivity contribution in [3.63, 3.8) is 0 Å². The maximum Gasteiger partial charge on any atom is 0.261 e. The normalized spacial score (nSPS) is 16.0. The van der Waals surface area contributed by atoms with E-state index < -0.39 is 0 Å². The minimum Gasteiger partial charge on any atom is -0.484 e. The van der Waals surface area contributed by atoms with Crippen molar-refractivity contribution in [1.29, 1.82) is 0 Å². The largest absolute Gasteiger partial charge is 0.484 e. The molecule has 3 aromatic rings. The number of para-hydroxylation sites is 1. The second kappa shape index (κ2) is 9.38. The highest BCUT2D eigenvalue weighted by atomic mass is 16.5. The molecule has 2 amide bonds.